The van der Waals surface area contributed by atoms with E-state index in [2.05, 4.69) is 5.32 Å². The largest absolute Gasteiger partial charge is 0.465 e. The smallest absolute Gasteiger partial charge is 0.407 e. The van der Waals surface area contributed by atoms with Crippen LogP contribution in [0.2, 0.25) is 0 Å². The third kappa shape index (κ3) is 5.79. The summed E-state index contributed by atoms with van der Waals surface area (Å²) in [6, 6.07) is 5.83. The summed E-state index contributed by atoms with van der Waals surface area (Å²) in [7, 11) is 1.49. The number of benzene rings is 1. The second-order valence-electron chi connectivity index (χ2n) is 9.87. The molecule has 0 aromatic heterocycles. The van der Waals surface area contributed by atoms with Crippen molar-refractivity contribution >= 4 is 36.0 Å². The fraction of sp³-hybridized carbons (Fsp3) is 0.625. The van der Waals surface area contributed by atoms with Crippen molar-refractivity contribution in [2.24, 2.45) is 5.41 Å². The molecule has 1 atom stereocenters. The maximum atomic E-state index is 13.6. The monoisotopic (exact) mass is 480 g/mol. The summed E-state index contributed by atoms with van der Waals surface area (Å²) in [4.78, 5) is 42.8. The van der Waals surface area contributed by atoms with E-state index < -0.39 is 11.5 Å². The lowest BCUT2D eigenvalue weighted by molar-refractivity contribution is -0.127. The number of anilines is 1. The maximum absolute atomic E-state index is 13.6. The topological polar surface area (TPSA) is 93.2 Å². The highest BCUT2D eigenvalue weighted by Gasteiger charge is 2.39. The molecule has 2 N–H and O–H groups in total. The first-order valence-corrected chi connectivity index (χ1v) is 11.4. The lowest BCUT2D eigenvalue weighted by Crippen LogP contribution is -2.52. The predicted molar refractivity (Wildman–Crippen MR) is 131 cm³/mol. The predicted octanol–water partition coefficient (Wildman–Crippen LogP) is 3.24. The molecule has 0 spiro atoms. The van der Waals surface area contributed by atoms with Gasteiger partial charge in [-0.2, -0.15) is 0 Å². The van der Waals surface area contributed by atoms with Gasteiger partial charge in [0.25, 0.3) is 5.91 Å². The molecule has 0 bridgehead atoms. The summed E-state index contributed by atoms with van der Waals surface area (Å²) in [5.74, 6) is -0.0815. The molecule has 1 aromatic carbocycles. The van der Waals surface area contributed by atoms with Gasteiger partial charge in [0.2, 0.25) is 5.91 Å². The standard InChI is InChI=1S/C24H36N4O4.ClH/c1-16(2)28(19-7-6-10-25-15-19)21(29)17-8-9-18-14-24(3,4)22(30)27(20(18)13-17)12-11-26(5)23(31)32;/h8-9,13,16,19,25H,6-7,10-12,14-15H2,1-5H3,(H,31,32);1H/t19-;/m1./s1. The summed E-state index contributed by atoms with van der Waals surface area (Å²) >= 11 is 0. The molecular formula is C24H37ClN4O4. The number of likely N-dealkylation sites (N-methyl/N-ethyl adjacent to an activating group) is 1. The third-order valence-electron chi connectivity index (χ3n) is 6.52. The molecule has 1 aromatic rings. The minimum Gasteiger partial charge on any atom is -0.465 e. The molecule has 8 nitrogen and oxygen atoms in total. The van der Waals surface area contributed by atoms with E-state index in [0.29, 0.717) is 17.7 Å². The second kappa shape index (κ2) is 10.7. The molecule has 1 fully saturated rings. The zero-order valence-corrected chi connectivity index (χ0v) is 21.1. The van der Waals surface area contributed by atoms with Crippen LogP contribution in [0.15, 0.2) is 18.2 Å². The molecule has 1 saturated heterocycles. The van der Waals surface area contributed by atoms with E-state index in [1.807, 2.05) is 50.8 Å². The van der Waals surface area contributed by atoms with Crippen LogP contribution in [-0.2, 0) is 11.2 Å². The van der Waals surface area contributed by atoms with Crippen molar-refractivity contribution in [3.8, 4) is 0 Å². The minimum atomic E-state index is -1.04. The highest BCUT2D eigenvalue weighted by Crippen LogP contribution is 2.38. The zero-order valence-electron chi connectivity index (χ0n) is 20.3. The Kier molecular flexibility index (Phi) is 8.76. The maximum Gasteiger partial charge on any atom is 0.407 e. The van der Waals surface area contributed by atoms with Crippen LogP contribution in [0.5, 0.6) is 0 Å². The number of hydrogen-bond donors (Lipinski definition) is 2. The van der Waals surface area contributed by atoms with Crippen LogP contribution in [0, 0.1) is 5.41 Å². The molecule has 3 rings (SSSR count). The molecule has 2 aliphatic rings. The van der Waals surface area contributed by atoms with Crippen LogP contribution < -0.4 is 10.2 Å². The molecule has 0 unspecified atom stereocenters. The lowest BCUT2D eigenvalue weighted by atomic mass is 9.80. The number of carboxylic acid groups (broad SMARTS) is 1. The van der Waals surface area contributed by atoms with Gasteiger partial charge in [0.05, 0.1) is 0 Å². The zero-order chi connectivity index (χ0) is 23.6. The number of rotatable bonds is 6. The van der Waals surface area contributed by atoms with E-state index in [1.165, 1.54) is 11.9 Å². The van der Waals surface area contributed by atoms with Gasteiger partial charge in [-0.3, -0.25) is 9.59 Å². The first-order valence-electron chi connectivity index (χ1n) is 11.4. The first-order chi connectivity index (χ1) is 15.0. The molecule has 0 radical (unpaired) electrons. The summed E-state index contributed by atoms with van der Waals surface area (Å²) < 4.78 is 0. The highest BCUT2D eigenvalue weighted by molar-refractivity contribution is 6.02. The average molecular weight is 481 g/mol. The SMILES string of the molecule is CC(C)N(C(=O)c1ccc2c(c1)N(CCN(C)C(=O)O)C(=O)C(C)(C)C2)[C@@H]1CCCNC1.Cl. The average Bonchev–Trinajstić information content (AvgIpc) is 2.74. The molecule has 0 saturated carbocycles. The summed E-state index contributed by atoms with van der Waals surface area (Å²) in [5.41, 5.74) is 1.69. The van der Waals surface area contributed by atoms with Gasteiger partial charge in [0.1, 0.15) is 0 Å². The van der Waals surface area contributed by atoms with E-state index in [9.17, 15) is 19.5 Å². The van der Waals surface area contributed by atoms with E-state index in [-0.39, 0.29) is 49.4 Å². The summed E-state index contributed by atoms with van der Waals surface area (Å²) in [5, 5.41) is 12.6. The Bertz CT molecular complexity index is 883. The van der Waals surface area contributed by atoms with Gasteiger partial charge in [0, 0.05) is 55.4 Å². The van der Waals surface area contributed by atoms with Crippen molar-refractivity contribution in [1.29, 1.82) is 0 Å². The van der Waals surface area contributed by atoms with Crippen LogP contribution in [0.25, 0.3) is 0 Å². The van der Waals surface area contributed by atoms with Crippen LogP contribution >= 0.6 is 12.4 Å². The van der Waals surface area contributed by atoms with Crippen molar-refractivity contribution in [3.05, 3.63) is 29.3 Å². The Morgan fingerprint density at radius 1 is 1.30 bits per heavy atom. The third-order valence-corrected chi connectivity index (χ3v) is 6.52. The highest BCUT2D eigenvalue weighted by atomic mass is 35.5. The number of carbonyl (C=O) groups is 3. The van der Waals surface area contributed by atoms with Crippen molar-refractivity contribution in [2.45, 2.75) is 59.0 Å². The molecule has 2 aliphatic heterocycles. The van der Waals surface area contributed by atoms with E-state index in [0.717, 1.165) is 31.5 Å². The number of amides is 3. The lowest BCUT2D eigenvalue weighted by Gasteiger charge is -2.40. The van der Waals surface area contributed by atoms with Crippen molar-refractivity contribution < 1.29 is 19.5 Å². The van der Waals surface area contributed by atoms with Gasteiger partial charge >= 0.3 is 6.09 Å². The first kappa shape index (κ1) is 26.9. The second-order valence-corrected chi connectivity index (χ2v) is 9.87. The Morgan fingerprint density at radius 3 is 2.58 bits per heavy atom. The van der Waals surface area contributed by atoms with Crippen molar-refractivity contribution in [1.82, 2.24) is 15.1 Å². The summed E-state index contributed by atoms with van der Waals surface area (Å²) in [6.45, 7) is 10.1. The number of halogens is 1. The molecule has 184 valence electrons. The van der Waals surface area contributed by atoms with Crippen LogP contribution in [0.3, 0.4) is 0 Å². The normalized spacial score (nSPS) is 19.5. The minimum absolute atomic E-state index is 0. The molecule has 3 amide bonds. The molecule has 9 heteroatoms. The Balaban J connectivity index is 0.00000385. The van der Waals surface area contributed by atoms with Gasteiger partial charge < -0.3 is 25.1 Å². The summed E-state index contributed by atoms with van der Waals surface area (Å²) in [6.07, 6.45) is 1.56. The van der Waals surface area contributed by atoms with Gasteiger partial charge in [-0.25, -0.2) is 4.79 Å². The number of fused-ring (bicyclic) bond motifs is 1. The Morgan fingerprint density at radius 2 is 2.00 bits per heavy atom. The van der Waals surface area contributed by atoms with Gasteiger partial charge in [-0.15, -0.1) is 12.4 Å². The molecule has 2 heterocycles. The number of nitrogens with zero attached hydrogens (tertiary/aromatic N) is 3. The fourth-order valence-corrected chi connectivity index (χ4v) is 4.73. The van der Waals surface area contributed by atoms with Gasteiger partial charge in [0.15, 0.2) is 0 Å². The Labute approximate surface area is 202 Å². The van der Waals surface area contributed by atoms with Crippen LogP contribution in [0.1, 0.15) is 56.5 Å². The fourth-order valence-electron chi connectivity index (χ4n) is 4.73. The van der Waals surface area contributed by atoms with Crippen molar-refractivity contribution in [2.75, 3.05) is 38.1 Å². The molecular weight excluding hydrogens is 444 g/mol. The van der Waals surface area contributed by atoms with Crippen molar-refractivity contribution in [3.63, 3.8) is 0 Å². The van der Waals surface area contributed by atoms with E-state index >= 15 is 0 Å². The van der Waals surface area contributed by atoms with Crippen LogP contribution in [0.4, 0.5) is 10.5 Å². The van der Waals surface area contributed by atoms with Gasteiger partial charge in [-0.1, -0.05) is 19.9 Å². The molecule has 0 aliphatic carbocycles. The van der Waals surface area contributed by atoms with E-state index in [4.69, 9.17) is 0 Å². The molecule has 33 heavy (non-hydrogen) atoms. The van der Waals surface area contributed by atoms with Crippen LogP contribution in [-0.4, -0.2) is 78.1 Å². The number of carbonyl (C=O) groups excluding carboxylic acids is 2. The Hall–Kier alpha value is -2.32. The number of piperidine rings is 1. The van der Waals surface area contributed by atoms with Gasteiger partial charge in [-0.05, 0) is 57.4 Å². The van der Waals surface area contributed by atoms with E-state index in [1.54, 1.807) is 4.90 Å². The number of nitrogens with one attached hydrogen (secondary N) is 1. The quantitative estimate of drug-likeness (QED) is 0.652. The number of hydrogen-bond acceptors (Lipinski definition) is 4.